The molecule has 1 aromatic rings. The summed E-state index contributed by atoms with van der Waals surface area (Å²) in [6.07, 6.45) is 0.543. The zero-order valence-corrected chi connectivity index (χ0v) is 12.8. The van der Waals surface area contributed by atoms with E-state index in [0.29, 0.717) is 0 Å². The average molecular weight is 366 g/mol. The molecule has 0 aromatic heterocycles. The first kappa shape index (κ1) is 15.4. The number of benzene rings is 1. The topological polar surface area (TPSA) is 74.7 Å². The van der Waals surface area contributed by atoms with E-state index in [0.717, 1.165) is 6.07 Å². The van der Waals surface area contributed by atoms with Crippen LogP contribution in [-0.4, -0.2) is 36.9 Å². The highest BCUT2D eigenvalue weighted by molar-refractivity contribution is 9.10. The molecule has 1 fully saturated rings. The van der Waals surface area contributed by atoms with Gasteiger partial charge in [0.25, 0.3) is 0 Å². The maximum Gasteiger partial charge on any atom is 0.306 e. The maximum absolute atomic E-state index is 13.4. The number of sulfonamides is 1. The lowest BCUT2D eigenvalue weighted by atomic mass is 9.99. The van der Waals surface area contributed by atoms with E-state index in [1.165, 1.54) is 16.4 Å². The Morgan fingerprint density at radius 3 is 2.45 bits per heavy atom. The van der Waals surface area contributed by atoms with Gasteiger partial charge in [0.05, 0.1) is 15.3 Å². The van der Waals surface area contributed by atoms with E-state index in [1.54, 1.807) is 0 Å². The molecule has 0 saturated carbocycles. The summed E-state index contributed by atoms with van der Waals surface area (Å²) < 4.78 is 39.5. The van der Waals surface area contributed by atoms with Crippen molar-refractivity contribution in [2.45, 2.75) is 17.7 Å². The summed E-state index contributed by atoms with van der Waals surface area (Å²) in [6, 6.07) is 3.63. The predicted octanol–water partition coefficient (Wildman–Crippen LogP) is 2.07. The predicted molar refractivity (Wildman–Crippen MR) is 73.2 cm³/mol. The highest BCUT2D eigenvalue weighted by Gasteiger charge is 2.32. The SMILES string of the molecule is O=C(O)C1CCN(S(=O)(=O)c2ccc(Br)c(F)c2)CC1. The average Bonchev–Trinajstić information content (AvgIpc) is 2.41. The molecule has 5 nitrogen and oxygen atoms in total. The number of carboxylic acid groups (broad SMARTS) is 1. The number of carboxylic acids is 1. The molecule has 1 saturated heterocycles. The van der Waals surface area contributed by atoms with E-state index < -0.39 is 27.7 Å². The van der Waals surface area contributed by atoms with E-state index in [4.69, 9.17) is 5.11 Å². The summed E-state index contributed by atoms with van der Waals surface area (Å²) in [4.78, 5) is 10.7. The normalized spacial score (nSPS) is 18.1. The number of hydrogen-bond acceptors (Lipinski definition) is 3. The third-order valence-electron chi connectivity index (χ3n) is 3.33. The van der Waals surface area contributed by atoms with Gasteiger partial charge in [-0.3, -0.25) is 4.79 Å². The van der Waals surface area contributed by atoms with Gasteiger partial charge in [-0.15, -0.1) is 0 Å². The molecule has 8 heteroatoms. The molecular weight excluding hydrogens is 353 g/mol. The Morgan fingerprint density at radius 2 is 1.95 bits per heavy atom. The maximum atomic E-state index is 13.4. The molecule has 1 N–H and O–H groups in total. The van der Waals surface area contributed by atoms with Crippen LogP contribution in [0.4, 0.5) is 4.39 Å². The highest BCUT2D eigenvalue weighted by atomic mass is 79.9. The second kappa shape index (κ2) is 5.79. The number of hydrogen-bond donors (Lipinski definition) is 1. The standard InChI is InChI=1S/C12H13BrFNO4S/c13-10-2-1-9(7-11(10)14)20(18,19)15-5-3-8(4-6-15)12(16)17/h1-2,7-8H,3-6H2,(H,16,17). The minimum Gasteiger partial charge on any atom is -0.481 e. The van der Waals surface area contributed by atoms with Crippen molar-refractivity contribution >= 4 is 31.9 Å². The molecule has 0 amide bonds. The summed E-state index contributed by atoms with van der Waals surface area (Å²) in [5.41, 5.74) is 0. The first-order valence-corrected chi connectivity index (χ1v) is 8.23. The number of rotatable bonds is 3. The third kappa shape index (κ3) is 3.02. The molecule has 0 bridgehead atoms. The highest BCUT2D eigenvalue weighted by Crippen LogP contribution is 2.26. The minimum atomic E-state index is -3.77. The fourth-order valence-electron chi connectivity index (χ4n) is 2.13. The van der Waals surface area contributed by atoms with Crippen molar-refractivity contribution in [2.75, 3.05) is 13.1 Å². The van der Waals surface area contributed by atoms with Gasteiger partial charge >= 0.3 is 5.97 Å². The monoisotopic (exact) mass is 365 g/mol. The van der Waals surface area contributed by atoms with Crippen molar-refractivity contribution in [3.8, 4) is 0 Å². The second-order valence-electron chi connectivity index (χ2n) is 4.59. The number of nitrogens with zero attached hydrogens (tertiary/aromatic N) is 1. The van der Waals surface area contributed by atoms with Gasteiger partial charge in [0.2, 0.25) is 10.0 Å². The third-order valence-corrected chi connectivity index (χ3v) is 5.87. The Labute approximate surface area is 124 Å². The van der Waals surface area contributed by atoms with E-state index in [9.17, 15) is 17.6 Å². The van der Waals surface area contributed by atoms with Crippen LogP contribution in [0.2, 0.25) is 0 Å². The first-order valence-electron chi connectivity index (χ1n) is 6.00. The van der Waals surface area contributed by atoms with Crippen LogP contribution in [0.5, 0.6) is 0 Å². The molecule has 1 heterocycles. The van der Waals surface area contributed by atoms with Crippen LogP contribution in [0.1, 0.15) is 12.8 Å². The van der Waals surface area contributed by atoms with Crippen molar-refractivity contribution in [3.05, 3.63) is 28.5 Å². The van der Waals surface area contributed by atoms with Crippen molar-refractivity contribution in [1.82, 2.24) is 4.31 Å². The van der Waals surface area contributed by atoms with E-state index >= 15 is 0 Å². The second-order valence-corrected chi connectivity index (χ2v) is 7.38. The molecule has 0 radical (unpaired) electrons. The Bertz CT molecular complexity index is 626. The molecule has 0 spiro atoms. The number of piperidine rings is 1. The summed E-state index contributed by atoms with van der Waals surface area (Å²) in [5, 5.41) is 8.89. The number of halogens is 2. The van der Waals surface area contributed by atoms with Crippen LogP contribution in [0.15, 0.2) is 27.6 Å². The molecule has 0 aliphatic carbocycles. The molecule has 0 atom stereocenters. The lowest BCUT2D eigenvalue weighted by Gasteiger charge is -2.29. The molecule has 1 aliphatic heterocycles. The van der Waals surface area contributed by atoms with Crippen molar-refractivity contribution in [1.29, 1.82) is 0 Å². The van der Waals surface area contributed by atoms with E-state index in [2.05, 4.69) is 15.9 Å². The molecule has 1 aromatic carbocycles. The lowest BCUT2D eigenvalue weighted by molar-refractivity contribution is -0.142. The van der Waals surface area contributed by atoms with Crippen molar-refractivity contribution in [2.24, 2.45) is 5.92 Å². The zero-order chi connectivity index (χ0) is 14.9. The van der Waals surface area contributed by atoms with Gasteiger partial charge < -0.3 is 5.11 Å². The Balaban J connectivity index is 2.19. The van der Waals surface area contributed by atoms with Gasteiger partial charge in [-0.1, -0.05) is 0 Å². The fourth-order valence-corrected chi connectivity index (χ4v) is 3.86. The van der Waals surface area contributed by atoms with Gasteiger partial charge in [0.1, 0.15) is 5.82 Å². The van der Waals surface area contributed by atoms with E-state index in [-0.39, 0.29) is 35.3 Å². The van der Waals surface area contributed by atoms with Crippen LogP contribution in [0.25, 0.3) is 0 Å². The fraction of sp³-hybridized carbons (Fsp3) is 0.417. The lowest BCUT2D eigenvalue weighted by Crippen LogP contribution is -2.40. The van der Waals surface area contributed by atoms with Crippen LogP contribution in [-0.2, 0) is 14.8 Å². The molecule has 0 unspecified atom stereocenters. The van der Waals surface area contributed by atoms with Crippen molar-refractivity contribution < 1.29 is 22.7 Å². The van der Waals surface area contributed by atoms with Crippen molar-refractivity contribution in [3.63, 3.8) is 0 Å². The summed E-state index contributed by atoms with van der Waals surface area (Å²) in [7, 11) is -3.77. The van der Waals surface area contributed by atoms with Gasteiger partial charge in [0.15, 0.2) is 0 Å². The Hall–Kier alpha value is -0.990. The first-order chi connectivity index (χ1) is 9.32. The molecule has 2 rings (SSSR count). The molecular formula is C12H13BrFNO4S. The largest absolute Gasteiger partial charge is 0.481 e. The smallest absolute Gasteiger partial charge is 0.306 e. The quantitative estimate of drug-likeness (QED) is 0.889. The van der Waals surface area contributed by atoms with Crippen LogP contribution >= 0.6 is 15.9 Å². The van der Waals surface area contributed by atoms with Crippen LogP contribution < -0.4 is 0 Å². The number of aliphatic carboxylic acids is 1. The zero-order valence-electron chi connectivity index (χ0n) is 10.4. The van der Waals surface area contributed by atoms with Gasteiger partial charge in [-0.25, -0.2) is 12.8 Å². The van der Waals surface area contributed by atoms with Crippen LogP contribution in [0, 0.1) is 11.7 Å². The van der Waals surface area contributed by atoms with E-state index in [1.807, 2.05) is 0 Å². The van der Waals surface area contributed by atoms with Gasteiger partial charge in [-0.05, 0) is 47.0 Å². The summed E-state index contributed by atoms with van der Waals surface area (Å²) in [5.74, 6) is -2.06. The van der Waals surface area contributed by atoms with Crippen LogP contribution in [0.3, 0.4) is 0 Å². The summed E-state index contributed by atoms with van der Waals surface area (Å²) in [6.45, 7) is 0.272. The molecule has 20 heavy (non-hydrogen) atoms. The summed E-state index contributed by atoms with van der Waals surface area (Å²) >= 11 is 2.97. The Morgan fingerprint density at radius 1 is 1.35 bits per heavy atom. The number of carbonyl (C=O) groups is 1. The van der Waals surface area contributed by atoms with Gasteiger partial charge in [0, 0.05) is 13.1 Å². The molecule has 1 aliphatic rings. The minimum absolute atomic E-state index is 0.119. The molecule has 110 valence electrons. The van der Waals surface area contributed by atoms with Gasteiger partial charge in [-0.2, -0.15) is 4.31 Å². The Kier molecular flexibility index (Phi) is 4.46.